The maximum absolute atomic E-state index is 12.4. The Kier molecular flexibility index (Phi) is 5.75. The summed E-state index contributed by atoms with van der Waals surface area (Å²) in [5, 5.41) is 2.85. The van der Waals surface area contributed by atoms with Crippen LogP contribution in [0, 0.1) is 3.57 Å². The molecule has 2 aromatic carbocycles. The summed E-state index contributed by atoms with van der Waals surface area (Å²) < 4.78 is 2.56. The fourth-order valence-electron chi connectivity index (χ4n) is 1.69. The molecule has 0 aliphatic heterocycles. The van der Waals surface area contributed by atoms with Gasteiger partial charge in [0, 0.05) is 18.1 Å². The van der Waals surface area contributed by atoms with Crippen LogP contribution in [0.15, 0.2) is 45.3 Å². The van der Waals surface area contributed by atoms with Gasteiger partial charge in [-0.15, -0.1) is 0 Å². The van der Waals surface area contributed by atoms with E-state index in [1.807, 2.05) is 18.2 Å². The molecule has 0 radical (unpaired) electrons. The molecule has 7 heteroatoms. The van der Waals surface area contributed by atoms with Crippen molar-refractivity contribution in [1.29, 1.82) is 0 Å². The van der Waals surface area contributed by atoms with Crippen LogP contribution in [0.3, 0.4) is 0 Å². The molecule has 0 spiro atoms. The van der Waals surface area contributed by atoms with Crippen molar-refractivity contribution in [2.75, 3.05) is 5.32 Å². The first-order chi connectivity index (χ1) is 9.88. The van der Waals surface area contributed by atoms with Gasteiger partial charge in [0.2, 0.25) is 0 Å². The lowest BCUT2D eigenvalue weighted by Gasteiger charge is -2.12. The van der Waals surface area contributed by atoms with Crippen molar-refractivity contribution in [2.45, 2.75) is 0 Å². The molecule has 0 bridgehead atoms. The Morgan fingerprint density at radius 1 is 1.10 bits per heavy atom. The van der Waals surface area contributed by atoms with E-state index in [-0.39, 0.29) is 10.9 Å². The number of nitrogens with one attached hydrogen (secondary N) is 1. The Balaban J connectivity index is 2.36. The van der Waals surface area contributed by atoms with Crippen molar-refractivity contribution in [2.24, 2.45) is 5.73 Å². The van der Waals surface area contributed by atoms with Gasteiger partial charge in [-0.3, -0.25) is 4.79 Å². The predicted molar refractivity (Wildman–Crippen MR) is 105 cm³/mol. The number of thiocarbonyl (C=S) groups is 1. The molecule has 0 saturated heterocycles. The lowest BCUT2D eigenvalue weighted by molar-refractivity contribution is 0.102. The second kappa shape index (κ2) is 7.17. The molecule has 3 N–H and O–H groups in total. The van der Waals surface area contributed by atoms with Crippen LogP contribution in [0.5, 0.6) is 0 Å². The third-order valence-corrected chi connectivity index (χ3v) is 4.82. The molecule has 108 valence electrons. The summed E-state index contributed by atoms with van der Waals surface area (Å²) in [4.78, 5) is 12.6. The molecule has 21 heavy (non-hydrogen) atoms. The van der Waals surface area contributed by atoms with Crippen LogP contribution in [0.25, 0.3) is 0 Å². The van der Waals surface area contributed by atoms with Gasteiger partial charge in [0.15, 0.2) is 0 Å². The van der Waals surface area contributed by atoms with E-state index < -0.39 is 0 Å². The molecule has 0 heterocycles. The number of benzene rings is 2. The summed E-state index contributed by atoms with van der Waals surface area (Å²) in [6.45, 7) is 0. The minimum Gasteiger partial charge on any atom is -0.389 e. The minimum absolute atomic E-state index is 0.208. The van der Waals surface area contributed by atoms with E-state index >= 15 is 0 Å². The average molecular weight is 540 g/mol. The highest BCUT2D eigenvalue weighted by molar-refractivity contribution is 14.1. The number of amides is 1. The van der Waals surface area contributed by atoms with Gasteiger partial charge in [-0.05, 0) is 59.0 Å². The fraction of sp³-hybridized carbons (Fsp3) is 0. The summed E-state index contributed by atoms with van der Waals surface area (Å²) in [5.74, 6) is -0.208. The molecule has 1 amide bonds. The Labute approximate surface area is 158 Å². The summed E-state index contributed by atoms with van der Waals surface area (Å²) >= 11 is 13.9. The molecule has 0 fully saturated rings. The molecule has 0 unspecified atom stereocenters. The topological polar surface area (TPSA) is 55.1 Å². The molecule has 0 aliphatic carbocycles. The predicted octanol–water partition coefficient (Wildman–Crippen LogP) is 4.70. The SMILES string of the molecule is NC(=S)c1cc(Br)ccc1NC(=O)c1cc(Br)ccc1I. The highest BCUT2D eigenvalue weighted by Crippen LogP contribution is 2.24. The molecule has 3 nitrogen and oxygen atoms in total. The lowest BCUT2D eigenvalue weighted by Crippen LogP contribution is -2.18. The number of hydrogen-bond acceptors (Lipinski definition) is 2. The smallest absolute Gasteiger partial charge is 0.256 e. The fourth-order valence-corrected chi connectivity index (χ4v) is 3.16. The van der Waals surface area contributed by atoms with Crippen LogP contribution < -0.4 is 11.1 Å². The molecular formula is C14H9Br2IN2OS. The van der Waals surface area contributed by atoms with Gasteiger partial charge >= 0.3 is 0 Å². The monoisotopic (exact) mass is 538 g/mol. The second-order valence-electron chi connectivity index (χ2n) is 4.13. The van der Waals surface area contributed by atoms with Crippen LogP contribution in [0.1, 0.15) is 15.9 Å². The van der Waals surface area contributed by atoms with Gasteiger partial charge in [-0.25, -0.2) is 0 Å². The van der Waals surface area contributed by atoms with Gasteiger partial charge in [-0.2, -0.15) is 0 Å². The maximum atomic E-state index is 12.4. The largest absolute Gasteiger partial charge is 0.389 e. The second-order valence-corrected chi connectivity index (χ2v) is 7.57. The van der Waals surface area contributed by atoms with E-state index in [0.29, 0.717) is 16.8 Å². The van der Waals surface area contributed by atoms with Crippen molar-refractivity contribution in [3.8, 4) is 0 Å². The van der Waals surface area contributed by atoms with Crippen LogP contribution in [-0.4, -0.2) is 10.9 Å². The van der Waals surface area contributed by atoms with Crippen LogP contribution in [0.2, 0.25) is 0 Å². The summed E-state index contributed by atoms with van der Waals surface area (Å²) in [5.41, 5.74) is 7.50. The van der Waals surface area contributed by atoms with Gasteiger partial charge < -0.3 is 11.1 Å². The summed E-state index contributed by atoms with van der Waals surface area (Å²) in [6.07, 6.45) is 0. The van der Waals surface area contributed by atoms with Crippen LogP contribution in [-0.2, 0) is 0 Å². The van der Waals surface area contributed by atoms with Gasteiger partial charge in [0.25, 0.3) is 5.91 Å². The van der Waals surface area contributed by atoms with Gasteiger partial charge in [-0.1, -0.05) is 44.1 Å². The first-order valence-corrected chi connectivity index (χ1v) is 8.81. The van der Waals surface area contributed by atoms with Crippen molar-refractivity contribution < 1.29 is 4.79 Å². The van der Waals surface area contributed by atoms with E-state index in [9.17, 15) is 4.79 Å². The van der Waals surface area contributed by atoms with E-state index in [1.165, 1.54) is 0 Å². The number of anilines is 1. The number of carbonyl (C=O) groups is 1. The Morgan fingerprint density at radius 3 is 2.29 bits per heavy atom. The summed E-state index contributed by atoms with van der Waals surface area (Å²) in [7, 11) is 0. The highest BCUT2D eigenvalue weighted by Gasteiger charge is 2.14. The van der Waals surface area contributed by atoms with Crippen molar-refractivity contribution >= 4 is 83.3 Å². The number of nitrogens with two attached hydrogens (primary N) is 1. The van der Waals surface area contributed by atoms with E-state index in [2.05, 4.69) is 59.8 Å². The zero-order valence-corrected chi connectivity index (χ0v) is 16.6. The molecule has 0 aliphatic rings. The lowest BCUT2D eigenvalue weighted by atomic mass is 10.1. The molecule has 2 aromatic rings. The zero-order chi connectivity index (χ0) is 15.6. The van der Waals surface area contributed by atoms with E-state index in [4.69, 9.17) is 18.0 Å². The number of carbonyl (C=O) groups excluding carboxylic acids is 1. The van der Waals surface area contributed by atoms with Crippen molar-refractivity contribution in [3.63, 3.8) is 0 Å². The normalized spacial score (nSPS) is 10.2. The molecule has 0 aromatic heterocycles. The molecule has 2 rings (SSSR count). The zero-order valence-electron chi connectivity index (χ0n) is 10.5. The highest BCUT2D eigenvalue weighted by atomic mass is 127. The average Bonchev–Trinajstić information content (AvgIpc) is 2.43. The van der Waals surface area contributed by atoms with Crippen molar-refractivity contribution in [1.82, 2.24) is 0 Å². The quantitative estimate of drug-likeness (QED) is 0.439. The van der Waals surface area contributed by atoms with Crippen molar-refractivity contribution in [3.05, 3.63) is 60.0 Å². The number of halogens is 3. The molecular weight excluding hydrogens is 531 g/mol. The third-order valence-electron chi connectivity index (χ3n) is 2.67. The van der Waals surface area contributed by atoms with E-state index in [1.54, 1.807) is 18.2 Å². The molecule has 0 atom stereocenters. The first kappa shape index (κ1) is 16.9. The minimum atomic E-state index is -0.208. The number of hydrogen-bond donors (Lipinski definition) is 2. The third kappa shape index (κ3) is 4.24. The summed E-state index contributed by atoms with van der Waals surface area (Å²) in [6, 6.07) is 10.9. The van der Waals surface area contributed by atoms with Crippen LogP contribution in [0.4, 0.5) is 5.69 Å². The number of rotatable bonds is 3. The molecule has 0 saturated carbocycles. The van der Waals surface area contributed by atoms with E-state index in [0.717, 1.165) is 12.5 Å². The Hall–Kier alpha value is -0.510. The first-order valence-electron chi connectivity index (χ1n) is 5.74. The van der Waals surface area contributed by atoms with Crippen LogP contribution >= 0.6 is 66.7 Å². The van der Waals surface area contributed by atoms with Gasteiger partial charge in [0.05, 0.1) is 11.3 Å². The maximum Gasteiger partial charge on any atom is 0.256 e. The standard InChI is InChI=1S/C14H9Br2IN2OS/c15-7-1-3-11(17)9(5-7)14(20)19-12-4-2-8(16)6-10(12)13(18)21/h1-6H,(H2,18,21)(H,19,20). The van der Waals surface area contributed by atoms with Gasteiger partial charge in [0.1, 0.15) is 4.99 Å². The Morgan fingerprint density at radius 2 is 1.67 bits per heavy atom. The Bertz CT molecular complexity index is 737.